The van der Waals surface area contributed by atoms with Crippen LogP contribution in [-0.2, 0) is 39.1 Å². The van der Waals surface area contributed by atoms with E-state index in [1.807, 2.05) is 19.9 Å². The van der Waals surface area contributed by atoms with Gasteiger partial charge in [-0.1, -0.05) is 51.1 Å². The Balaban J connectivity index is -0.000000189. The summed E-state index contributed by atoms with van der Waals surface area (Å²) in [6, 6.07) is 10.5. The van der Waals surface area contributed by atoms with E-state index in [0.717, 1.165) is 6.42 Å². The molecule has 0 atom stereocenters. The molecule has 1 aromatic carbocycles. The Morgan fingerprint density at radius 2 is 1.42 bits per heavy atom. The average molecular weight is 240 g/mol. The molecule has 12 heavy (non-hydrogen) atoms. The van der Waals surface area contributed by atoms with Crippen LogP contribution < -0.4 is 0 Å². The fraction of sp³-hybridized carbons (Fsp3) is 0.364. The van der Waals surface area contributed by atoms with Gasteiger partial charge in [-0.2, -0.15) is 0 Å². The van der Waals surface area contributed by atoms with Crippen LogP contribution in [0.4, 0.5) is 0 Å². The van der Waals surface area contributed by atoms with Crippen molar-refractivity contribution >= 4 is 0 Å². The molecular formula is C11H19Y-. The number of aryl methyl sites for hydroxylation is 1. The summed E-state index contributed by atoms with van der Waals surface area (Å²) in [4.78, 5) is 0. The largest absolute Gasteiger partial charge is 0.358 e. The standard InChI is InChI=1S/C8H10.C2H6.CH3.Y/c1-2-8-6-4-3-5-7-8;1-2;;/h3-7H,2H2,1H3;1-2H3;1H3;/q;;-1;. The fourth-order valence-corrected chi connectivity index (χ4v) is 0.714. The molecule has 0 aliphatic heterocycles. The maximum absolute atomic E-state index is 2.16. The first-order valence-electron chi connectivity index (χ1n) is 3.97. The van der Waals surface area contributed by atoms with Gasteiger partial charge in [0.1, 0.15) is 0 Å². The molecule has 1 aromatic rings. The molecule has 0 bridgehead atoms. The van der Waals surface area contributed by atoms with Gasteiger partial charge in [0, 0.05) is 32.7 Å². The van der Waals surface area contributed by atoms with E-state index in [0.29, 0.717) is 0 Å². The summed E-state index contributed by atoms with van der Waals surface area (Å²) < 4.78 is 0. The molecule has 1 heteroatoms. The van der Waals surface area contributed by atoms with E-state index in [2.05, 4.69) is 31.2 Å². The Morgan fingerprint density at radius 1 is 1.00 bits per heavy atom. The molecule has 1 radical (unpaired) electrons. The molecule has 0 heterocycles. The summed E-state index contributed by atoms with van der Waals surface area (Å²) in [5, 5.41) is 0. The smallest absolute Gasteiger partial charge is 0 e. The van der Waals surface area contributed by atoms with Gasteiger partial charge in [-0.05, 0) is 12.0 Å². The second-order valence-corrected chi connectivity index (χ2v) is 1.84. The summed E-state index contributed by atoms with van der Waals surface area (Å²) in [5.74, 6) is 0. The van der Waals surface area contributed by atoms with E-state index in [9.17, 15) is 0 Å². The number of hydrogen-bond donors (Lipinski definition) is 0. The molecule has 1 rings (SSSR count). The van der Waals surface area contributed by atoms with Crippen LogP contribution in [0.15, 0.2) is 30.3 Å². The van der Waals surface area contributed by atoms with Crippen molar-refractivity contribution in [1.29, 1.82) is 0 Å². The minimum atomic E-state index is 0. The molecule has 0 saturated carbocycles. The minimum absolute atomic E-state index is 0. The third-order valence-corrected chi connectivity index (χ3v) is 1.25. The molecular weight excluding hydrogens is 221 g/mol. The van der Waals surface area contributed by atoms with E-state index in [-0.39, 0.29) is 40.1 Å². The zero-order valence-corrected chi connectivity index (χ0v) is 11.5. The van der Waals surface area contributed by atoms with Gasteiger partial charge in [0.05, 0.1) is 0 Å². The summed E-state index contributed by atoms with van der Waals surface area (Å²) in [7, 11) is 0. The first-order valence-corrected chi connectivity index (χ1v) is 3.97. The normalized spacial score (nSPS) is 6.58. The van der Waals surface area contributed by atoms with Crippen molar-refractivity contribution in [2.75, 3.05) is 0 Å². The van der Waals surface area contributed by atoms with E-state index in [1.165, 1.54) is 5.56 Å². The van der Waals surface area contributed by atoms with Gasteiger partial charge in [-0.15, -0.1) is 0 Å². The van der Waals surface area contributed by atoms with Gasteiger partial charge in [0.15, 0.2) is 0 Å². The summed E-state index contributed by atoms with van der Waals surface area (Å²) >= 11 is 0. The van der Waals surface area contributed by atoms with Crippen LogP contribution in [0.5, 0.6) is 0 Å². The second kappa shape index (κ2) is 13.9. The molecule has 0 nitrogen and oxygen atoms in total. The zero-order valence-electron chi connectivity index (χ0n) is 8.67. The molecule has 0 aromatic heterocycles. The van der Waals surface area contributed by atoms with Crippen molar-refractivity contribution < 1.29 is 32.7 Å². The van der Waals surface area contributed by atoms with Crippen LogP contribution in [0.2, 0.25) is 0 Å². The molecule has 0 fully saturated rings. The Morgan fingerprint density at radius 3 is 1.67 bits per heavy atom. The topological polar surface area (TPSA) is 0 Å². The van der Waals surface area contributed by atoms with Crippen LogP contribution in [0, 0.1) is 7.43 Å². The van der Waals surface area contributed by atoms with E-state index < -0.39 is 0 Å². The van der Waals surface area contributed by atoms with Crippen molar-refractivity contribution in [2.45, 2.75) is 27.2 Å². The summed E-state index contributed by atoms with van der Waals surface area (Å²) in [6.45, 7) is 6.16. The van der Waals surface area contributed by atoms with Gasteiger partial charge >= 0.3 is 0 Å². The quantitative estimate of drug-likeness (QED) is 0.656. The third kappa shape index (κ3) is 8.42. The van der Waals surface area contributed by atoms with Crippen LogP contribution in [0.3, 0.4) is 0 Å². The van der Waals surface area contributed by atoms with E-state index in [4.69, 9.17) is 0 Å². The fourth-order valence-electron chi connectivity index (χ4n) is 0.714. The van der Waals surface area contributed by atoms with Crippen molar-refractivity contribution in [3.8, 4) is 0 Å². The Kier molecular flexibility index (Phi) is 21.0. The molecule has 0 N–H and O–H groups in total. The minimum Gasteiger partial charge on any atom is -0.358 e. The number of hydrogen-bond acceptors (Lipinski definition) is 0. The third-order valence-electron chi connectivity index (χ3n) is 1.25. The predicted molar refractivity (Wildman–Crippen MR) is 53.6 cm³/mol. The molecule has 67 valence electrons. The molecule has 0 saturated heterocycles. The molecule has 0 spiro atoms. The molecule has 0 aliphatic carbocycles. The molecule has 0 amide bonds. The second-order valence-electron chi connectivity index (χ2n) is 1.84. The SMILES string of the molecule is CC.CCc1ccccc1.[CH3-].[Y]. The van der Waals surface area contributed by atoms with Gasteiger partial charge in [0.25, 0.3) is 0 Å². The van der Waals surface area contributed by atoms with Gasteiger partial charge in [0.2, 0.25) is 0 Å². The Bertz CT molecular complexity index is 146. The Hall–Kier alpha value is 0.324. The predicted octanol–water partition coefficient (Wildman–Crippen LogP) is 3.72. The van der Waals surface area contributed by atoms with Crippen molar-refractivity contribution in [3.63, 3.8) is 0 Å². The number of rotatable bonds is 1. The van der Waals surface area contributed by atoms with Gasteiger partial charge < -0.3 is 7.43 Å². The van der Waals surface area contributed by atoms with Gasteiger partial charge in [-0.25, -0.2) is 0 Å². The van der Waals surface area contributed by atoms with E-state index >= 15 is 0 Å². The number of benzene rings is 1. The van der Waals surface area contributed by atoms with Crippen molar-refractivity contribution in [3.05, 3.63) is 43.3 Å². The van der Waals surface area contributed by atoms with Crippen molar-refractivity contribution in [2.24, 2.45) is 0 Å². The first kappa shape index (κ1) is 18.2. The van der Waals surface area contributed by atoms with Crippen LogP contribution in [-0.4, -0.2) is 0 Å². The van der Waals surface area contributed by atoms with Crippen molar-refractivity contribution in [1.82, 2.24) is 0 Å². The van der Waals surface area contributed by atoms with Crippen LogP contribution in [0.1, 0.15) is 26.3 Å². The summed E-state index contributed by atoms with van der Waals surface area (Å²) in [5.41, 5.74) is 1.41. The van der Waals surface area contributed by atoms with Crippen LogP contribution >= 0.6 is 0 Å². The first-order chi connectivity index (χ1) is 4.93. The van der Waals surface area contributed by atoms with E-state index in [1.54, 1.807) is 0 Å². The van der Waals surface area contributed by atoms with Crippen LogP contribution in [0.25, 0.3) is 0 Å². The zero-order chi connectivity index (χ0) is 7.82. The Labute approximate surface area is 103 Å². The molecule has 0 unspecified atom stereocenters. The maximum atomic E-state index is 2.16. The monoisotopic (exact) mass is 240 g/mol. The molecule has 0 aliphatic rings. The van der Waals surface area contributed by atoms with Gasteiger partial charge in [-0.3, -0.25) is 0 Å². The summed E-state index contributed by atoms with van der Waals surface area (Å²) in [6.07, 6.45) is 1.14. The maximum Gasteiger partial charge on any atom is 0 e. The average Bonchev–Trinajstić information content (AvgIpc) is 2.10.